The fourth-order valence-corrected chi connectivity index (χ4v) is 5.67. The van der Waals surface area contributed by atoms with E-state index in [4.69, 9.17) is 0 Å². The van der Waals surface area contributed by atoms with Crippen molar-refractivity contribution in [1.82, 2.24) is 4.57 Å². The molecule has 0 bridgehead atoms. The quantitative estimate of drug-likeness (QED) is 0.238. The molecule has 0 saturated heterocycles. The molecule has 5 aromatic carbocycles. The van der Waals surface area contributed by atoms with Gasteiger partial charge in [-0.25, -0.2) is 0 Å². The highest BCUT2D eigenvalue weighted by Gasteiger charge is 2.21. The lowest BCUT2D eigenvalue weighted by Crippen LogP contribution is -2.16. The van der Waals surface area contributed by atoms with Crippen molar-refractivity contribution >= 4 is 33.2 Å². The third-order valence-electron chi connectivity index (χ3n) is 8.10. The van der Waals surface area contributed by atoms with E-state index in [-0.39, 0.29) is 10.8 Å². The zero-order valence-corrected chi connectivity index (χ0v) is 25.3. The van der Waals surface area contributed by atoms with E-state index in [0.717, 1.165) is 33.7 Å². The summed E-state index contributed by atoms with van der Waals surface area (Å²) in [5.74, 6) is 0. The van der Waals surface area contributed by atoms with Gasteiger partial charge >= 0.3 is 0 Å². The first-order chi connectivity index (χ1) is 20.0. The second kappa shape index (κ2) is 10.2. The number of benzene rings is 5. The SMILES string of the molecule is CC(C)(C)c1cc(-c2cccc(Nc3cc(-n4c5ccccc5c5ccccc54)ccc3C#N)c2)cc(C(C)(C)C)c1. The van der Waals surface area contributed by atoms with E-state index in [1.807, 2.05) is 12.1 Å². The standard InChI is InChI=1S/C39H37N3/c1-38(2,3)29-20-28(21-30(23-29)39(4,5)6)26-12-11-13-31(22-26)41-35-24-32(19-18-27(35)25-40)42-36-16-9-7-14-33(36)34-15-8-10-17-37(34)42/h7-24,41H,1-6H3. The lowest BCUT2D eigenvalue weighted by atomic mass is 9.79. The molecular weight excluding hydrogens is 510 g/mol. The van der Waals surface area contributed by atoms with Gasteiger partial charge in [-0.1, -0.05) is 108 Å². The van der Waals surface area contributed by atoms with Gasteiger partial charge in [0.2, 0.25) is 0 Å². The van der Waals surface area contributed by atoms with E-state index in [1.54, 1.807) is 0 Å². The zero-order chi connectivity index (χ0) is 29.6. The van der Waals surface area contributed by atoms with Crippen LogP contribution >= 0.6 is 0 Å². The van der Waals surface area contributed by atoms with Gasteiger partial charge in [0.1, 0.15) is 6.07 Å². The number of anilines is 2. The number of fused-ring (bicyclic) bond motifs is 3. The minimum atomic E-state index is 0.0425. The van der Waals surface area contributed by atoms with Crippen molar-refractivity contribution in [2.75, 3.05) is 5.32 Å². The lowest BCUT2D eigenvalue weighted by Gasteiger charge is -2.26. The average molecular weight is 548 g/mol. The Morgan fingerprint density at radius 2 is 1.19 bits per heavy atom. The van der Waals surface area contributed by atoms with E-state index in [9.17, 15) is 5.26 Å². The van der Waals surface area contributed by atoms with Crippen LogP contribution in [0.5, 0.6) is 0 Å². The molecule has 42 heavy (non-hydrogen) atoms. The molecule has 3 heteroatoms. The van der Waals surface area contributed by atoms with E-state index in [2.05, 4.69) is 155 Å². The summed E-state index contributed by atoms with van der Waals surface area (Å²) in [5.41, 5.74) is 10.7. The van der Waals surface area contributed by atoms with Gasteiger partial charge in [0.25, 0.3) is 0 Å². The van der Waals surface area contributed by atoms with Crippen molar-refractivity contribution in [2.45, 2.75) is 52.4 Å². The maximum Gasteiger partial charge on any atom is 0.101 e. The number of nitrogens with zero attached hydrogens (tertiary/aromatic N) is 2. The number of nitriles is 1. The fourth-order valence-electron chi connectivity index (χ4n) is 5.67. The highest BCUT2D eigenvalue weighted by Crippen LogP contribution is 2.36. The topological polar surface area (TPSA) is 40.8 Å². The molecule has 3 nitrogen and oxygen atoms in total. The summed E-state index contributed by atoms with van der Waals surface area (Å²) in [6, 6.07) is 40.9. The Morgan fingerprint density at radius 1 is 0.595 bits per heavy atom. The lowest BCUT2D eigenvalue weighted by molar-refractivity contribution is 0.569. The average Bonchev–Trinajstić information content (AvgIpc) is 3.31. The Kier molecular flexibility index (Phi) is 6.66. The van der Waals surface area contributed by atoms with Gasteiger partial charge in [-0.15, -0.1) is 0 Å². The van der Waals surface area contributed by atoms with Crippen molar-refractivity contribution in [3.8, 4) is 22.9 Å². The Bertz CT molecular complexity index is 1900. The molecule has 0 unspecified atom stereocenters. The van der Waals surface area contributed by atoms with Crippen molar-refractivity contribution in [1.29, 1.82) is 5.26 Å². The number of rotatable bonds is 4. The minimum absolute atomic E-state index is 0.0425. The second-order valence-electron chi connectivity index (χ2n) is 13.2. The number of hydrogen-bond acceptors (Lipinski definition) is 2. The van der Waals surface area contributed by atoms with E-state index in [0.29, 0.717) is 5.56 Å². The van der Waals surface area contributed by atoms with Crippen LogP contribution in [0.4, 0.5) is 11.4 Å². The number of aromatic nitrogens is 1. The molecular formula is C39H37N3. The Hall–Kier alpha value is -4.81. The highest BCUT2D eigenvalue weighted by atomic mass is 15.0. The van der Waals surface area contributed by atoms with Crippen LogP contribution in [0.2, 0.25) is 0 Å². The van der Waals surface area contributed by atoms with Crippen LogP contribution in [0.25, 0.3) is 38.6 Å². The molecule has 0 saturated carbocycles. The molecule has 6 rings (SSSR count). The number of para-hydroxylation sites is 2. The van der Waals surface area contributed by atoms with Crippen LogP contribution in [0.3, 0.4) is 0 Å². The molecule has 0 spiro atoms. The largest absolute Gasteiger partial charge is 0.354 e. The van der Waals surface area contributed by atoms with Gasteiger partial charge in [0.05, 0.1) is 22.3 Å². The normalized spacial score (nSPS) is 12.0. The van der Waals surface area contributed by atoms with Crippen molar-refractivity contribution in [3.63, 3.8) is 0 Å². The van der Waals surface area contributed by atoms with E-state index >= 15 is 0 Å². The molecule has 0 fully saturated rings. The Balaban J connectivity index is 1.43. The van der Waals surface area contributed by atoms with Crippen molar-refractivity contribution in [3.05, 3.63) is 126 Å². The summed E-state index contributed by atoms with van der Waals surface area (Å²) in [5, 5.41) is 16.0. The molecule has 0 aliphatic heterocycles. The third kappa shape index (κ3) is 5.06. The van der Waals surface area contributed by atoms with Crippen LogP contribution in [0.1, 0.15) is 58.2 Å². The molecule has 1 heterocycles. The van der Waals surface area contributed by atoms with Crippen LogP contribution in [0.15, 0.2) is 109 Å². The molecule has 6 aromatic rings. The first-order valence-electron chi connectivity index (χ1n) is 14.6. The van der Waals surface area contributed by atoms with Gasteiger partial charge < -0.3 is 9.88 Å². The molecule has 1 aromatic heterocycles. The molecule has 0 radical (unpaired) electrons. The summed E-state index contributed by atoms with van der Waals surface area (Å²) >= 11 is 0. The minimum Gasteiger partial charge on any atom is -0.354 e. The van der Waals surface area contributed by atoms with E-state index in [1.165, 1.54) is 27.5 Å². The molecule has 0 amide bonds. The van der Waals surface area contributed by atoms with Gasteiger partial charge in [-0.2, -0.15) is 5.26 Å². The summed E-state index contributed by atoms with van der Waals surface area (Å²) in [4.78, 5) is 0. The first-order valence-corrected chi connectivity index (χ1v) is 14.6. The summed E-state index contributed by atoms with van der Waals surface area (Å²) in [6.07, 6.45) is 0. The van der Waals surface area contributed by atoms with Gasteiger partial charge in [0, 0.05) is 22.1 Å². The first kappa shape index (κ1) is 27.4. The number of nitrogens with one attached hydrogen (secondary N) is 1. The van der Waals surface area contributed by atoms with Crippen LogP contribution < -0.4 is 5.32 Å². The Morgan fingerprint density at radius 3 is 1.76 bits per heavy atom. The molecule has 0 atom stereocenters. The van der Waals surface area contributed by atoms with E-state index < -0.39 is 0 Å². The summed E-state index contributed by atoms with van der Waals surface area (Å²) < 4.78 is 2.28. The molecule has 0 aliphatic rings. The third-order valence-corrected chi connectivity index (χ3v) is 8.10. The fraction of sp³-hybridized carbons (Fsp3) is 0.205. The highest BCUT2D eigenvalue weighted by molar-refractivity contribution is 6.09. The maximum absolute atomic E-state index is 10.0. The molecule has 1 N–H and O–H groups in total. The monoisotopic (exact) mass is 547 g/mol. The van der Waals surface area contributed by atoms with Crippen molar-refractivity contribution in [2.24, 2.45) is 0 Å². The van der Waals surface area contributed by atoms with Crippen LogP contribution in [-0.4, -0.2) is 4.57 Å². The van der Waals surface area contributed by atoms with Gasteiger partial charge in [0.15, 0.2) is 0 Å². The van der Waals surface area contributed by atoms with Crippen LogP contribution in [-0.2, 0) is 10.8 Å². The Labute approximate surface area is 249 Å². The summed E-state index contributed by atoms with van der Waals surface area (Å²) in [7, 11) is 0. The predicted octanol–water partition coefficient (Wildman–Crippen LogP) is 10.7. The smallest absolute Gasteiger partial charge is 0.101 e. The predicted molar refractivity (Wildman–Crippen MR) is 178 cm³/mol. The second-order valence-corrected chi connectivity index (χ2v) is 13.2. The maximum atomic E-state index is 10.0. The summed E-state index contributed by atoms with van der Waals surface area (Å²) in [6.45, 7) is 13.6. The zero-order valence-electron chi connectivity index (χ0n) is 25.3. The molecule has 208 valence electrons. The van der Waals surface area contributed by atoms with Crippen LogP contribution in [0, 0.1) is 11.3 Å². The van der Waals surface area contributed by atoms with Gasteiger partial charge in [-0.3, -0.25) is 0 Å². The van der Waals surface area contributed by atoms with Crippen molar-refractivity contribution < 1.29 is 0 Å². The molecule has 0 aliphatic carbocycles. The number of hydrogen-bond donors (Lipinski definition) is 1. The van der Waals surface area contributed by atoms with Gasteiger partial charge in [-0.05, 0) is 75.5 Å².